The van der Waals surface area contributed by atoms with Crippen molar-refractivity contribution >= 4 is 23.8 Å². The molecule has 0 spiro atoms. The van der Waals surface area contributed by atoms with Gasteiger partial charge in [-0.05, 0) is 58.9 Å². The van der Waals surface area contributed by atoms with Crippen molar-refractivity contribution < 1.29 is 29.0 Å². The van der Waals surface area contributed by atoms with Crippen LogP contribution < -0.4 is 16.4 Å². The summed E-state index contributed by atoms with van der Waals surface area (Å²) in [6.45, 7) is 5.10. The van der Waals surface area contributed by atoms with E-state index in [9.17, 15) is 24.3 Å². The van der Waals surface area contributed by atoms with Crippen molar-refractivity contribution in [3.8, 4) is 5.75 Å². The van der Waals surface area contributed by atoms with Gasteiger partial charge in [0, 0.05) is 24.1 Å². The fourth-order valence-corrected chi connectivity index (χ4v) is 4.71. The quantitative estimate of drug-likeness (QED) is 0.375. The molecule has 2 atom stereocenters. The van der Waals surface area contributed by atoms with E-state index in [0.717, 1.165) is 32.1 Å². The molecule has 37 heavy (non-hydrogen) atoms. The zero-order valence-corrected chi connectivity index (χ0v) is 22.0. The number of ether oxygens (including phenoxy) is 1. The van der Waals surface area contributed by atoms with Crippen LogP contribution >= 0.6 is 0 Å². The number of para-hydroxylation sites is 1. The maximum Gasteiger partial charge on any atom is 0.408 e. The molecule has 4 amide bonds. The van der Waals surface area contributed by atoms with Gasteiger partial charge >= 0.3 is 6.09 Å². The van der Waals surface area contributed by atoms with E-state index in [1.807, 2.05) is 0 Å². The highest BCUT2D eigenvalue weighted by Crippen LogP contribution is 2.38. The second-order valence-corrected chi connectivity index (χ2v) is 11.0. The number of benzene rings is 1. The van der Waals surface area contributed by atoms with Gasteiger partial charge in [0.15, 0.2) is 0 Å². The van der Waals surface area contributed by atoms with Crippen LogP contribution in [0.3, 0.4) is 0 Å². The second-order valence-electron chi connectivity index (χ2n) is 11.0. The van der Waals surface area contributed by atoms with Crippen LogP contribution in [0.2, 0.25) is 0 Å². The third-order valence-corrected chi connectivity index (χ3v) is 6.57. The van der Waals surface area contributed by atoms with E-state index in [-0.39, 0.29) is 36.6 Å². The Morgan fingerprint density at radius 1 is 1.08 bits per heavy atom. The molecule has 1 aromatic rings. The number of amides is 4. The molecule has 2 fully saturated rings. The molecule has 0 aromatic heterocycles. The number of nitrogens with one attached hydrogen (secondary N) is 2. The molecule has 5 N–H and O–H groups in total. The van der Waals surface area contributed by atoms with Gasteiger partial charge in [-0.15, -0.1) is 0 Å². The van der Waals surface area contributed by atoms with Gasteiger partial charge in [0.2, 0.25) is 17.7 Å². The number of nitrogens with two attached hydrogens (primary N) is 1. The van der Waals surface area contributed by atoms with Crippen molar-refractivity contribution in [1.29, 1.82) is 0 Å². The van der Waals surface area contributed by atoms with Crippen molar-refractivity contribution in [2.24, 2.45) is 5.73 Å². The summed E-state index contributed by atoms with van der Waals surface area (Å²) in [6, 6.07) is 3.98. The van der Waals surface area contributed by atoms with Crippen molar-refractivity contribution in [3.63, 3.8) is 0 Å². The van der Waals surface area contributed by atoms with Gasteiger partial charge in [-0.3, -0.25) is 14.4 Å². The average Bonchev–Trinajstić information content (AvgIpc) is 3.65. The predicted molar refractivity (Wildman–Crippen MR) is 137 cm³/mol. The van der Waals surface area contributed by atoms with Gasteiger partial charge in [0.1, 0.15) is 23.4 Å². The first kappa shape index (κ1) is 28.3. The maximum atomic E-state index is 14.0. The highest BCUT2D eigenvalue weighted by atomic mass is 16.6. The van der Waals surface area contributed by atoms with E-state index in [1.165, 1.54) is 11.0 Å². The zero-order valence-electron chi connectivity index (χ0n) is 22.0. The number of carbonyl (C=O) groups is 4. The van der Waals surface area contributed by atoms with E-state index < -0.39 is 35.6 Å². The molecule has 0 aliphatic heterocycles. The average molecular weight is 517 g/mol. The number of rotatable bonds is 10. The van der Waals surface area contributed by atoms with E-state index in [1.54, 1.807) is 39.0 Å². The monoisotopic (exact) mass is 516 g/mol. The number of phenolic OH excluding ortho intramolecular Hbond substituents is 1. The van der Waals surface area contributed by atoms with Gasteiger partial charge in [-0.2, -0.15) is 0 Å². The topological polar surface area (TPSA) is 151 Å². The number of alkyl carbamates (subject to hydrolysis) is 1. The van der Waals surface area contributed by atoms with Crippen molar-refractivity contribution in [3.05, 3.63) is 29.8 Å². The maximum absolute atomic E-state index is 14.0. The normalized spacial score (nSPS) is 17.8. The van der Waals surface area contributed by atoms with Crippen molar-refractivity contribution in [2.75, 3.05) is 0 Å². The number of hydrogen-bond donors (Lipinski definition) is 4. The molecule has 204 valence electrons. The van der Waals surface area contributed by atoms with Crippen molar-refractivity contribution in [1.82, 2.24) is 15.5 Å². The standard InChI is InChI=1S/C27H40N4O6/c1-27(2,3)37-26(36)30-20(15-16-22(28)33)25(35)31(18-13-14-18)23(19-11-7-8-12-21(19)32)24(34)29-17-9-5-4-6-10-17/h7-8,11-12,17-18,20,23,32H,4-6,9-10,13-16H2,1-3H3,(H2,28,33)(H,29,34)(H,30,36). The summed E-state index contributed by atoms with van der Waals surface area (Å²) in [7, 11) is 0. The van der Waals surface area contributed by atoms with Gasteiger partial charge < -0.3 is 31.1 Å². The van der Waals surface area contributed by atoms with Crippen LogP contribution in [0.1, 0.15) is 90.2 Å². The minimum atomic E-state index is -1.14. The number of nitrogens with zero attached hydrogens (tertiary/aromatic N) is 1. The lowest BCUT2D eigenvalue weighted by Gasteiger charge is -2.36. The first-order chi connectivity index (χ1) is 17.5. The fourth-order valence-electron chi connectivity index (χ4n) is 4.71. The molecule has 0 saturated heterocycles. The van der Waals surface area contributed by atoms with Crippen LogP contribution in [-0.2, 0) is 19.1 Å². The van der Waals surface area contributed by atoms with Crippen LogP contribution in [0.25, 0.3) is 0 Å². The molecule has 2 saturated carbocycles. The fraction of sp³-hybridized carbons (Fsp3) is 0.630. The first-order valence-electron chi connectivity index (χ1n) is 13.1. The van der Waals surface area contributed by atoms with Crippen LogP contribution in [0, 0.1) is 0 Å². The molecule has 2 aliphatic carbocycles. The van der Waals surface area contributed by atoms with Gasteiger partial charge in [0.05, 0.1) is 0 Å². The van der Waals surface area contributed by atoms with E-state index in [2.05, 4.69) is 10.6 Å². The Labute approximate surface area is 218 Å². The number of hydrogen-bond acceptors (Lipinski definition) is 6. The van der Waals surface area contributed by atoms with Gasteiger partial charge in [-0.25, -0.2) is 4.79 Å². The third-order valence-electron chi connectivity index (χ3n) is 6.57. The summed E-state index contributed by atoms with van der Waals surface area (Å²) in [5.41, 5.74) is 4.85. The Morgan fingerprint density at radius 3 is 2.30 bits per heavy atom. The SMILES string of the molecule is CC(C)(C)OC(=O)NC(CCC(N)=O)C(=O)N(C1CC1)C(C(=O)NC1CCCCC1)c1ccccc1O. The van der Waals surface area contributed by atoms with Crippen LogP contribution in [0.15, 0.2) is 24.3 Å². The molecule has 1 aromatic carbocycles. The number of phenols is 1. The Kier molecular flexibility index (Phi) is 9.39. The summed E-state index contributed by atoms with van der Waals surface area (Å²) in [6.07, 6.45) is 5.25. The highest BCUT2D eigenvalue weighted by Gasteiger charge is 2.45. The van der Waals surface area contributed by atoms with E-state index in [4.69, 9.17) is 10.5 Å². The molecule has 3 rings (SSSR count). The highest BCUT2D eigenvalue weighted by molar-refractivity contribution is 5.93. The summed E-state index contributed by atoms with van der Waals surface area (Å²) >= 11 is 0. The molecule has 2 unspecified atom stereocenters. The molecule has 10 nitrogen and oxygen atoms in total. The zero-order chi connectivity index (χ0) is 27.2. The second kappa shape index (κ2) is 12.3. The molecule has 2 aliphatic rings. The van der Waals surface area contributed by atoms with Gasteiger partial charge in [0.25, 0.3) is 0 Å². The lowest BCUT2D eigenvalue weighted by atomic mass is 9.94. The number of aromatic hydroxyl groups is 1. The van der Waals surface area contributed by atoms with Crippen LogP contribution in [-0.4, -0.2) is 57.5 Å². The van der Waals surface area contributed by atoms with Gasteiger partial charge in [-0.1, -0.05) is 37.5 Å². The van der Waals surface area contributed by atoms with Crippen LogP contribution in [0.5, 0.6) is 5.75 Å². The Hall–Kier alpha value is -3.30. The molecular formula is C27H40N4O6. The number of carbonyl (C=O) groups excluding carboxylic acids is 4. The van der Waals surface area contributed by atoms with Crippen LogP contribution in [0.4, 0.5) is 4.79 Å². The minimum Gasteiger partial charge on any atom is -0.508 e. The summed E-state index contributed by atoms with van der Waals surface area (Å²) < 4.78 is 5.34. The smallest absolute Gasteiger partial charge is 0.408 e. The summed E-state index contributed by atoms with van der Waals surface area (Å²) in [4.78, 5) is 53.3. The van der Waals surface area contributed by atoms with E-state index >= 15 is 0 Å². The summed E-state index contributed by atoms with van der Waals surface area (Å²) in [5, 5.41) is 16.4. The Morgan fingerprint density at radius 2 is 1.73 bits per heavy atom. The van der Waals surface area contributed by atoms with E-state index in [0.29, 0.717) is 18.4 Å². The summed E-state index contributed by atoms with van der Waals surface area (Å²) in [5.74, 6) is -1.62. The molecule has 0 radical (unpaired) electrons. The predicted octanol–water partition coefficient (Wildman–Crippen LogP) is 3.03. The largest absolute Gasteiger partial charge is 0.508 e. The van der Waals surface area contributed by atoms with Crippen molar-refractivity contribution in [2.45, 2.75) is 108 Å². The lowest BCUT2D eigenvalue weighted by molar-refractivity contribution is -0.143. The third kappa shape index (κ3) is 8.36. The lowest BCUT2D eigenvalue weighted by Crippen LogP contribution is -2.54. The Bertz CT molecular complexity index is 981. The molecule has 0 bridgehead atoms. The molecule has 10 heteroatoms. The number of primary amides is 1. The first-order valence-corrected chi connectivity index (χ1v) is 13.1. The minimum absolute atomic E-state index is 0.00342. The molecular weight excluding hydrogens is 476 g/mol. The molecule has 0 heterocycles. The Balaban J connectivity index is 1.94.